The van der Waals surface area contributed by atoms with Gasteiger partial charge in [0.15, 0.2) is 0 Å². The Kier molecular flexibility index (Phi) is 4.51. The SMILES string of the molecule is CC(C)(C)OC(=O)N1/C(=C2/C(=N)C=CCC2F)CC2CNCCC21. The van der Waals surface area contributed by atoms with E-state index in [2.05, 4.69) is 5.32 Å². The second-order valence-electron chi connectivity index (χ2n) is 7.75. The molecule has 0 radical (unpaired) electrons. The number of carbonyl (C=O) groups is 1. The van der Waals surface area contributed by atoms with E-state index in [9.17, 15) is 9.18 Å². The fourth-order valence-corrected chi connectivity index (χ4v) is 3.82. The monoisotopic (exact) mass is 335 g/mol. The minimum absolute atomic E-state index is 0.0227. The van der Waals surface area contributed by atoms with Crippen molar-refractivity contribution in [2.24, 2.45) is 5.92 Å². The largest absolute Gasteiger partial charge is 0.443 e. The lowest BCUT2D eigenvalue weighted by Gasteiger charge is -2.34. The Morgan fingerprint density at radius 1 is 1.46 bits per heavy atom. The van der Waals surface area contributed by atoms with Crippen molar-refractivity contribution in [3.8, 4) is 0 Å². The van der Waals surface area contributed by atoms with E-state index < -0.39 is 17.9 Å². The maximum absolute atomic E-state index is 14.6. The van der Waals surface area contributed by atoms with Crippen LogP contribution in [0.4, 0.5) is 9.18 Å². The summed E-state index contributed by atoms with van der Waals surface area (Å²) in [6.45, 7) is 7.13. The molecule has 2 heterocycles. The van der Waals surface area contributed by atoms with Crippen LogP contribution in [0.1, 0.15) is 40.0 Å². The molecule has 0 saturated carbocycles. The van der Waals surface area contributed by atoms with Crippen LogP contribution in [0, 0.1) is 11.3 Å². The first-order valence-corrected chi connectivity index (χ1v) is 8.63. The van der Waals surface area contributed by atoms with Crippen LogP contribution in [0.5, 0.6) is 0 Å². The van der Waals surface area contributed by atoms with E-state index in [4.69, 9.17) is 10.1 Å². The maximum atomic E-state index is 14.6. The van der Waals surface area contributed by atoms with E-state index in [-0.39, 0.29) is 24.1 Å². The number of fused-ring (bicyclic) bond motifs is 1. The predicted molar refractivity (Wildman–Crippen MR) is 90.9 cm³/mol. The van der Waals surface area contributed by atoms with Gasteiger partial charge < -0.3 is 15.5 Å². The zero-order chi connectivity index (χ0) is 17.5. The Hall–Kier alpha value is -1.69. The fraction of sp³-hybridized carbons (Fsp3) is 0.667. The summed E-state index contributed by atoms with van der Waals surface area (Å²) in [6, 6.07) is 0.0227. The van der Waals surface area contributed by atoms with Crippen molar-refractivity contribution in [1.82, 2.24) is 10.2 Å². The predicted octanol–water partition coefficient (Wildman–Crippen LogP) is 3.18. The van der Waals surface area contributed by atoms with Gasteiger partial charge >= 0.3 is 6.09 Å². The molecule has 0 aromatic rings. The number of carbonyl (C=O) groups excluding carboxylic acids is 1. The van der Waals surface area contributed by atoms with Gasteiger partial charge in [-0.05, 0) is 52.2 Å². The van der Waals surface area contributed by atoms with Crippen LogP contribution in [0.25, 0.3) is 0 Å². The second-order valence-corrected chi connectivity index (χ2v) is 7.75. The lowest BCUT2D eigenvalue weighted by Crippen LogP contribution is -2.47. The van der Waals surface area contributed by atoms with Crippen LogP contribution in [-0.2, 0) is 4.74 Å². The number of hydrogen-bond acceptors (Lipinski definition) is 4. The quantitative estimate of drug-likeness (QED) is 0.714. The molecule has 2 aliphatic heterocycles. The number of amides is 1. The minimum Gasteiger partial charge on any atom is -0.443 e. The van der Waals surface area contributed by atoms with Gasteiger partial charge in [-0.1, -0.05) is 6.08 Å². The smallest absolute Gasteiger partial charge is 0.414 e. The third-order valence-electron chi connectivity index (χ3n) is 4.78. The number of allylic oxidation sites excluding steroid dienone is 4. The highest BCUT2D eigenvalue weighted by Gasteiger charge is 2.45. The molecule has 3 atom stereocenters. The molecule has 3 rings (SSSR count). The number of hydrogen-bond donors (Lipinski definition) is 2. The van der Waals surface area contributed by atoms with Crippen molar-refractivity contribution < 1.29 is 13.9 Å². The van der Waals surface area contributed by atoms with E-state index in [1.165, 1.54) is 0 Å². The fourth-order valence-electron chi connectivity index (χ4n) is 3.82. The van der Waals surface area contributed by atoms with Gasteiger partial charge in [0.05, 0.1) is 5.71 Å². The molecule has 0 aromatic carbocycles. The standard InChI is InChI=1S/C18H26FN3O2/c1-18(2,3)24-17(23)22-14-7-8-21-10-11(14)9-15(22)16-12(19)5-4-6-13(16)20/h4,6,11-12,14,20-21H,5,7-10H2,1-3H3/b16-15+,20-13?. The number of rotatable bonds is 0. The van der Waals surface area contributed by atoms with E-state index in [1.807, 2.05) is 20.8 Å². The Morgan fingerprint density at radius 3 is 2.88 bits per heavy atom. The molecular weight excluding hydrogens is 309 g/mol. The van der Waals surface area contributed by atoms with Gasteiger partial charge in [0.1, 0.15) is 11.8 Å². The lowest BCUT2D eigenvalue weighted by atomic mass is 9.91. The van der Waals surface area contributed by atoms with Crippen molar-refractivity contribution in [3.63, 3.8) is 0 Å². The minimum atomic E-state index is -1.23. The van der Waals surface area contributed by atoms with E-state index >= 15 is 0 Å². The van der Waals surface area contributed by atoms with E-state index in [0.29, 0.717) is 17.7 Å². The number of likely N-dealkylation sites (tertiary alicyclic amines) is 1. The Labute approximate surface area is 142 Å². The van der Waals surface area contributed by atoms with Crippen molar-refractivity contribution in [3.05, 3.63) is 23.4 Å². The molecule has 3 aliphatic rings. The molecule has 5 nitrogen and oxygen atoms in total. The van der Waals surface area contributed by atoms with Crippen LogP contribution < -0.4 is 5.32 Å². The molecule has 1 aliphatic carbocycles. The van der Waals surface area contributed by atoms with E-state index in [1.54, 1.807) is 17.1 Å². The van der Waals surface area contributed by atoms with Gasteiger partial charge in [0.2, 0.25) is 0 Å². The summed E-state index contributed by atoms with van der Waals surface area (Å²) in [7, 11) is 0. The number of halogens is 1. The molecule has 3 unspecified atom stereocenters. The molecule has 0 spiro atoms. The van der Waals surface area contributed by atoms with Crippen molar-refractivity contribution in [2.75, 3.05) is 13.1 Å². The van der Waals surface area contributed by atoms with Gasteiger partial charge in [-0.3, -0.25) is 4.90 Å². The maximum Gasteiger partial charge on any atom is 0.414 e. The van der Waals surface area contributed by atoms with Crippen LogP contribution in [-0.4, -0.2) is 47.6 Å². The Bertz CT molecular complexity index is 606. The summed E-state index contributed by atoms with van der Waals surface area (Å²) in [5.74, 6) is 0.250. The Balaban J connectivity index is 2.01. The zero-order valence-corrected chi connectivity index (χ0v) is 14.6. The summed E-state index contributed by atoms with van der Waals surface area (Å²) < 4.78 is 20.1. The van der Waals surface area contributed by atoms with Gasteiger partial charge in [-0.25, -0.2) is 9.18 Å². The second kappa shape index (κ2) is 6.31. The average molecular weight is 335 g/mol. The first-order valence-electron chi connectivity index (χ1n) is 8.63. The average Bonchev–Trinajstić information content (AvgIpc) is 2.84. The number of nitrogens with one attached hydrogen (secondary N) is 2. The van der Waals surface area contributed by atoms with Gasteiger partial charge in [0.25, 0.3) is 0 Å². The first kappa shape index (κ1) is 17.1. The van der Waals surface area contributed by atoms with Gasteiger partial charge in [-0.2, -0.15) is 0 Å². The topological polar surface area (TPSA) is 65.4 Å². The third-order valence-corrected chi connectivity index (χ3v) is 4.78. The normalized spacial score (nSPS) is 33.6. The molecule has 1 amide bonds. The first-order chi connectivity index (χ1) is 11.3. The van der Waals surface area contributed by atoms with Crippen molar-refractivity contribution in [1.29, 1.82) is 5.41 Å². The van der Waals surface area contributed by atoms with Crippen molar-refractivity contribution >= 4 is 11.8 Å². The highest BCUT2D eigenvalue weighted by Crippen LogP contribution is 2.40. The van der Waals surface area contributed by atoms with E-state index in [0.717, 1.165) is 19.5 Å². The lowest BCUT2D eigenvalue weighted by molar-refractivity contribution is 0.0237. The van der Waals surface area contributed by atoms with Gasteiger partial charge in [-0.15, -0.1) is 0 Å². The highest BCUT2D eigenvalue weighted by molar-refractivity contribution is 6.08. The third kappa shape index (κ3) is 3.24. The summed E-state index contributed by atoms with van der Waals surface area (Å²) in [5, 5.41) is 11.5. The van der Waals surface area contributed by atoms with Crippen LogP contribution in [0.3, 0.4) is 0 Å². The molecular formula is C18H26FN3O2. The number of alkyl halides is 1. The molecule has 24 heavy (non-hydrogen) atoms. The zero-order valence-electron chi connectivity index (χ0n) is 14.6. The number of ether oxygens (including phenoxy) is 1. The Morgan fingerprint density at radius 2 is 2.21 bits per heavy atom. The molecule has 2 fully saturated rings. The molecule has 132 valence electrons. The van der Waals surface area contributed by atoms with Gasteiger partial charge in [0, 0.05) is 30.3 Å². The summed E-state index contributed by atoms with van der Waals surface area (Å²) in [5.41, 5.74) is 0.568. The molecule has 2 saturated heterocycles. The van der Waals surface area contributed by atoms with Crippen LogP contribution in [0.15, 0.2) is 23.4 Å². The van der Waals surface area contributed by atoms with Crippen LogP contribution >= 0.6 is 0 Å². The summed E-state index contributed by atoms with van der Waals surface area (Å²) in [4.78, 5) is 14.5. The molecule has 2 N–H and O–H groups in total. The summed E-state index contributed by atoms with van der Waals surface area (Å²) in [6.07, 6.45) is 3.36. The molecule has 0 aromatic heterocycles. The number of piperidine rings is 1. The molecule has 0 bridgehead atoms. The highest BCUT2D eigenvalue weighted by atomic mass is 19.1. The summed E-state index contributed by atoms with van der Waals surface area (Å²) >= 11 is 0. The van der Waals surface area contributed by atoms with Crippen molar-refractivity contribution in [2.45, 2.75) is 57.8 Å². The molecule has 6 heteroatoms. The number of nitrogens with zero attached hydrogens (tertiary/aromatic N) is 1. The van der Waals surface area contributed by atoms with Crippen LogP contribution in [0.2, 0.25) is 0 Å².